The summed E-state index contributed by atoms with van der Waals surface area (Å²) in [6, 6.07) is 8.68. The smallest absolute Gasteiger partial charge is 0.160 e. The number of hydrogen-bond acceptors (Lipinski definition) is 2. The van der Waals surface area contributed by atoms with Gasteiger partial charge >= 0.3 is 0 Å². The Morgan fingerprint density at radius 2 is 2.04 bits per heavy atom. The number of nitrogens with two attached hydrogens (primary N) is 1. The average Bonchev–Trinajstić information content (AvgIpc) is 3.11. The van der Waals surface area contributed by atoms with E-state index in [1.807, 2.05) is 6.92 Å². The Morgan fingerprint density at radius 3 is 2.88 bits per heavy atom. The first-order valence-corrected chi connectivity index (χ1v) is 9.05. The Kier molecular flexibility index (Phi) is 3.72. The molecule has 1 aliphatic rings. The van der Waals surface area contributed by atoms with Crippen LogP contribution in [0.4, 0.5) is 5.69 Å². The molecule has 3 nitrogen and oxygen atoms in total. The van der Waals surface area contributed by atoms with Gasteiger partial charge in [0.2, 0.25) is 0 Å². The summed E-state index contributed by atoms with van der Waals surface area (Å²) in [4.78, 5) is 4.63. The molecule has 0 radical (unpaired) electrons. The van der Waals surface area contributed by atoms with E-state index < -0.39 is 0 Å². The molecule has 0 saturated heterocycles. The molecule has 0 amide bonds. The highest BCUT2D eigenvalue weighted by Crippen LogP contribution is 2.34. The lowest BCUT2D eigenvalue weighted by atomic mass is 10.0. The van der Waals surface area contributed by atoms with E-state index in [9.17, 15) is 0 Å². The largest absolute Gasteiger partial charge is 0.395 e. The number of hydrogen-bond donors (Lipinski definition) is 1. The van der Waals surface area contributed by atoms with E-state index in [2.05, 4.69) is 68.8 Å². The van der Waals surface area contributed by atoms with Crippen LogP contribution < -0.4 is 5.73 Å². The SMILES string of the molecule is Cc1nc2c(N)c(CC=C3CCc4ccccc43)c(Br)cn2c1C. The van der Waals surface area contributed by atoms with E-state index in [4.69, 9.17) is 5.73 Å². The summed E-state index contributed by atoms with van der Waals surface area (Å²) in [5.41, 5.74) is 15.6. The molecule has 0 spiro atoms. The van der Waals surface area contributed by atoms with Crippen LogP contribution in [0, 0.1) is 13.8 Å². The maximum absolute atomic E-state index is 6.44. The van der Waals surface area contributed by atoms with Crippen molar-refractivity contribution in [1.29, 1.82) is 0 Å². The van der Waals surface area contributed by atoms with Gasteiger partial charge in [-0.1, -0.05) is 30.3 Å². The normalized spacial score (nSPS) is 15.4. The molecule has 2 heterocycles. The molecule has 2 N–H and O–H groups in total. The second-order valence-corrected chi connectivity index (χ2v) is 7.29. The molecule has 1 aromatic carbocycles. The van der Waals surface area contributed by atoms with Crippen LogP contribution in [0.1, 0.15) is 34.5 Å². The first-order valence-electron chi connectivity index (χ1n) is 8.25. The number of nitrogen functional groups attached to an aromatic ring is 1. The van der Waals surface area contributed by atoms with E-state index in [0.29, 0.717) is 0 Å². The molecule has 122 valence electrons. The Morgan fingerprint density at radius 1 is 1.25 bits per heavy atom. The quantitative estimate of drug-likeness (QED) is 0.687. The molecule has 0 fully saturated rings. The number of rotatable bonds is 2. The summed E-state index contributed by atoms with van der Waals surface area (Å²) in [7, 11) is 0. The first kappa shape index (κ1) is 15.5. The third-order valence-corrected chi connectivity index (χ3v) is 5.75. The zero-order valence-electron chi connectivity index (χ0n) is 13.9. The Bertz CT molecular complexity index is 982. The zero-order valence-corrected chi connectivity index (χ0v) is 15.5. The van der Waals surface area contributed by atoms with Crippen LogP contribution in [0.3, 0.4) is 0 Å². The van der Waals surface area contributed by atoms with Crippen molar-refractivity contribution in [3.8, 4) is 0 Å². The average molecular weight is 382 g/mol. The number of fused-ring (bicyclic) bond motifs is 2. The molecule has 2 aromatic heterocycles. The molecule has 0 atom stereocenters. The number of pyridine rings is 1. The Hall–Kier alpha value is -2.07. The third kappa shape index (κ3) is 2.37. The van der Waals surface area contributed by atoms with Crippen LogP contribution in [0.5, 0.6) is 0 Å². The Labute approximate surface area is 150 Å². The Balaban J connectivity index is 1.75. The van der Waals surface area contributed by atoms with Gasteiger partial charge in [-0.25, -0.2) is 4.98 Å². The van der Waals surface area contributed by atoms with Crippen LogP contribution in [0.2, 0.25) is 0 Å². The van der Waals surface area contributed by atoms with Crippen molar-refractivity contribution in [2.75, 3.05) is 5.73 Å². The van der Waals surface area contributed by atoms with Gasteiger partial charge in [0, 0.05) is 16.4 Å². The standard InChI is InChI=1S/C20H20BrN3/c1-12-13(2)24-11-18(21)17(19(22)20(24)23-12)10-9-15-8-7-14-5-3-4-6-16(14)15/h3-6,9,11H,7-8,10,22H2,1-2H3. The number of aromatic nitrogens is 2. The van der Waals surface area contributed by atoms with Gasteiger partial charge in [0.15, 0.2) is 5.65 Å². The maximum atomic E-state index is 6.44. The highest BCUT2D eigenvalue weighted by molar-refractivity contribution is 9.10. The second-order valence-electron chi connectivity index (χ2n) is 6.44. The number of anilines is 1. The molecule has 0 saturated carbocycles. The molecule has 0 bridgehead atoms. The molecular formula is C20H20BrN3. The van der Waals surface area contributed by atoms with Crippen molar-refractivity contribution in [3.05, 3.63) is 69.1 Å². The lowest BCUT2D eigenvalue weighted by Gasteiger charge is -2.10. The van der Waals surface area contributed by atoms with E-state index >= 15 is 0 Å². The summed E-state index contributed by atoms with van der Waals surface area (Å²) in [6.45, 7) is 4.09. The van der Waals surface area contributed by atoms with Crippen molar-refractivity contribution in [2.45, 2.75) is 33.1 Å². The van der Waals surface area contributed by atoms with Gasteiger partial charge in [0.1, 0.15) is 0 Å². The first-order chi connectivity index (χ1) is 11.6. The monoisotopic (exact) mass is 381 g/mol. The highest BCUT2D eigenvalue weighted by atomic mass is 79.9. The van der Waals surface area contributed by atoms with Crippen LogP contribution in [0.15, 0.2) is 41.0 Å². The summed E-state index contributed by atoms with van der Waals surface area (Å²) in [6.07, 6.45) is 7.47. The summed E-state index contributed by atoms with van der Waals surface area (Å²) in [5, 5.41) is 0. The molecular weight excluding hydrogens is 362 g/mol. The minimum atomic E-state index is 0.767. The van der Waals surface area contributed by atoms with E-state index in [0.717, 1.165) is 52.0 Å². The lowest BCUT2D eigenvalue weighted by Crippen LogP contribution is -2.01. The molecule has 3 aromatic rings. The molecule has 4 rings (SSSR count). The van der Waals surface area contributed by atoms with Gasteiger partial charge in [-0.05, 0) is 71.3 Å². The van der Waals surface area contributed by atoms with Crippen molar-refractivity contribution < 1.29 is 0 Å². The van der Waals surface area contributed by atoms with Crippen molar-refractivity contribution >= 4 is 32.8 Å². The number of benzene rings is 1. The van der Waals surface area contributed by atoms with Crippen molar-refractivity contribution in [2.24, 2.45) is 0 Å². The van der Waals surface area contributed by atoms with Gasteiger partial charge in [0.25, 0.3) is 0 Å². The molecule has 0 aliphatic heterocycles. The number of aryl methyl sites for hydroxylation is 3. The van der Waals surface area contributed by atoms with Gasteiger partial charge in [-0.3, -0.25) is 0 Å². The minimum absolute atomic E-state index is 0.767. The van der Waals surface area contributed by atoms with Crippen LogP contribution >= 0.6 is 15.9 Å². The van der Waals surface area contributed by atoms with Crippen LogP contribution in [-0.2, 0) is 12.8 Å². The van der Waals surface area contributed by atoms with Gasteiger partial charge < -0.3 is 10.1 Å². The zero-order chi connectivity index (χ0) is 16.8. The van der Waals surface area contributed by atoms with Gasteiger partial charge in [-0.2, -0.15) is 0 Å². The number of imidazole rings is 1. The molecule has 1 aliphatic carbocycles. The van der Waals surface area contributed by atoms with Gasteiger partial charge in [0.05, 0.1) is 11.4 Å². The summed E-state index contributed by atoms with van der Waals surface area (Å²) >= 11 is 3.70. The summed E-state index contributed by atoms with van der Waals surface area (Å²) < 4.78 is 3.10. The van der Waals surface area contributed by atoms with Crippen LogP contribution in [-0.4, -0.2) is 9.38 Å². The predicted octanol–water partition coefficient (Wildman–Crippen LogP) is 4.87. The fourth-order valence-electron chi connectivity index (χ4n) is 3.53. The van der Waals surface area contributed by atoms with Crippen LogP contribution in [0.25, 0.3) is 11.2 Å². The minimum Gasteiger partial charge on any atom is -0.395 e. The third-order valence-electron chi connectivity index (χ3n) is 5.06. The van der Waals surface area contributed by atoms with E-state index in [1.165, 1.54) is 16.7 Å². The highest BCUT2D eigenvalue weighted by Gasteiger charge is 2.17. The van der Waals surface area contributed by atoms with Gasteiger partial charge in [-0.15, -0.1) is 0 Å². The fraction of sp³-hybridized carbons (Fsp3) is 0.250. The fourth-order valence-corrected chi connectivity index (χ4v) is 4.11. The number of nitrogens with zero attached hydrogens (tertiary/aromatic N) is 2. The second kappa shape index (κ2) is 5.78. The topological polar surface area (TPSA) is 43.3 Å². The van der Waals surface area contributed by atoms with Crippen molar-refractivity contribution in [3.63, 3.8) is 0 Å². The van der Waals surface area contributed by atoms with Crippen molar-refractivity contribution in [1.82, 2.24) is 9.38 Å². The number of allylic oxidation sites excluding steroid dienone is 2. The lowest BCUT2D eigenvalue weighted by molar-refractivity contribution is 1.06. The predicted molar refractivity (Wildman–Crippen MR) is 103 cm³/mol. The molecule has 0 unspecified atom stereocenters. The van der Waals surface area contributed by atoms with E-state index in [1.54, 1.807) is 0 Å². The molecule has 4 heteroatoms. The molecule has 24 heavy (non-hydrogen) atoms. The summed E-state index contributed by atoms with van der Waals surface area (Å²) in [5.74, 6) is 0. The maximum Gasteiger partial charge on any atom is 0.160 e. The number of halogens is 1. The van der Waals surface area contributed by atoms with E-state index in [-0.39, 0.29) is 0 Å².